The number of pyridine rings is 1. The van der Waals surface area contributed by atoms with E-state index in [1.54, 1.807) is 0 Å². The van der Waals surface area contributed by atoms with Crippen LogP contribution in [0.3, 0.4) is 0 Å². The van der Waals surface area contributed by atoms with E-state index in [2.05, 4.69) is 4.98 Å². The number of hydrogen-bond donors (Lipinski definition) is 0. The summed E-state index contributed by atoms with van der Waals surface area (Å²) in [6, 6.07) is 5.59. The number of rotatable bonds is 1. The summed E-state index contributed by atoms with van der Waals surface area (Å²) < 4.78 is 81.8. The Morgan fingerprint density at radius 2 is 1.38 bits per heavy atom. The molecule has 1 aliphatic carbocycles. The van der Waals surface area contributed by atoms with Crippen molar-refractivity contribution in [1.29, 1.82) is 0 Å². The van der Waals surface area contributed by atoms with Crippen molar-refractivity contribution in [1.82, 2.24) is 4.98 Å². The summed E-state index contributed by atoms with van der Waals surface area (Å²) in [5, 5.41) is 0.180. The number of hydrogen-bond acceptors (Lipinski definition) is 1. The third-order valence-corrected chi connectivity index (χ3v) is 3.88. The molecule has 3 aromatic rings. The zero-order chi connectivity index (χ0) is 17.2. The van der Waals surface area contributed by atoms with Crippen LogP contribution in [0.2, 0.25) is 0 Å². The molecule has 7 heteroatoms. The van der Waals surface area contributed by atoms with Crippen LogP contribution in [0.25, 0.3) is 33.8 Å². The third-order valence-electron chi connectivity index (χ3n) is 3.88. The Labute approximate surface area is 130 Å². The first-order valence-electron chi connectivity index (χ1n) is 6.73. The van der Waals surface area contributed by atoms with Crippen LogP contribution in [0.5, 0.6) is 0 Å². The van der Waals surface area contributed by atoms with Gasteiger partial charge in [0.2, 0.25) is 0 Å². The van der Waals surface area contributed by atoms with E-state index in [0.29, 0.717) is 6.07 Å². The van der Waals surface area contributed by atoms with Gasteiger partial charge in [0, 0.05) is 22.1 Å². The van der Waals surface area contributed by atoms with E-state index in [9.17, 15) is 26.3 Å². The zero-order valence-corrected chi connectivity index (χ0v) is 11.6. The molecule has 0 saturated heterocycles. The molecule has 0 atom stereocenters. The van der Waals surface area contributed by atoms with Gasteiger partial charge in [0.05, 0.1) is 11.2 Å². The lowest BCUT2D eigenvalue weighted by Crippen LogP contribution is -2.00. The van der Waals surface area contributed by atoms with E-state index in [4.69, 9.17) is 0 Å². The Morgan fingerprint density at radius 1 is 0.667 bits per heavy atom. The lowest BCUT2D eigenvalue weighted by Gasteiger charge is -2.08. The molecular weight excluding hydrogens is 332 g/mol. The van der Waals surface area contributed by atoms with Crippen LogP contribution in [-0.4, -0.2) is 4.98 Å². The van der Waals surface area contributed by atoms with Crippen molar-refractivity contribution >= 4 is 22.6 Å². The van der Waals surface area contributed by atoms with E-state index < -0.39 is 40.5 Å². The second kappa shape index (κ2) is 4.83. The van der Waals surface area contributed by atoms with Crippen molar-refractivity contribution in [2.45, 2.75) is 0 Å². The van der Waals surface area contributed by atoms with E-state index in [0.717, 1.165) is 6.07 Å². The topological polar surface area (TPSA) is 12.9 Å². The van der Waals surface area contributed by atoms with Gasteiger partial charge >= 0.3 is 0 Å². The van der Waals surface area contributed by atoms with Gasteiger partial charge in [-0.15, -0.1) is 0 Å². The first-order valence-corrected chi connectivity index (χ1v) is 6.73. The molecule has 1 heterocycles. The molecule has 0 fully saturated rings. The van der Waals surface area contributed by atoms with Crippen molar-refractivity contribution in [2.75, 3.05) is 0 Å². The largest absolute Gasteiger partial charge is 0.248 e. The second-order valence-electron chi connectivity index (χ2n) is 5.23. The fourth-order valence-corrected chi connectivity index (χ4v) is 2.78. The quantitative estimate of drug-likeness (QED) is 0.323. The van der Waals surface area contributed by atoms with Crippen molar-refractivity contribution < 1.29 is 26.3 Å². The van der Waals surface area contributed by atoms with E-state index >= 15 is 0 Å². The SMILES string of the molecule is FC1=C(F)c2cc(-c3cc(F)c(F)c(F)c3F)nc3cccc1c23. The van der Waals surface area contributed by atoms with Gasteiger partial charge in [0.25, 0.3) is 0 Å². The molecule has 120 valence electrons. The molecule has 0 spiro atoms. The zero-order valence-electron chi connectivity index (χ0n) is 11.6. The van der Waals surface area contributed by atoms with Crippen molar-refractivity contribution in [3.05, 3.63) is 64.7 Å². The number of nitrogens with zero attached hydrogens (tertiary/aromatic N) is 1. The van der Waals surface area contributed by atoms with Crippen LogP contribution in [-0.2, 0) is 0 Å². The first kappa shape index (κ1) is 14.7. The minimum atomic E-state index is -2.00. The average Bonchev–Trinajstić information content (AvgIpc) is 2.83. The highest BCUT2D eigenvalue weighted by Gasteiger charge is 2.28. The molecule has 0 amide bonds. The Hall–Kier alpha value is -2.83. The minimum absolute atomic E-state index is 0.00371. The molecule has 1 nitrogen and oxygen atoms in total. The lowest BCUT2D eigenvalue weighted by atomic mass is 10.0. The summed E-state index contributed by atoms with van der Waals surface area (Å²) in [6.45, 7) is 0. The molecule has 4 rings (SSSR count). The maximum Gasteiger partial charge on any atom is 0.198 e. The normalized spacial score (nSPS) is 13.2. The summed E-state index contributed by atoms with van der Waals surface area (Å²) in [6.07, 6.45) is 0. The Balaban J connectivity index is 2.07. The van der Waals surface area contributed by atoms with Crippen molar-refractivity contribution in [3.63, 3.8) is 0 Å². The number of benzene rings is 2. The minimum Gasteiger partial charge on any atom is -0.248 e. The van der Waals surface area contributed by atoms with Crippen molar-refractivity contribution in [3.8, 4) is 11.3 Å². The van der Waals surface area contributed by atoms with Crippen LogP contribution in [0.15, 0.2) is 30.3 Å². The van der Waals surface area contributed by atoms with Crippen LogP contribution in [0.1, 0.15) is 11.1 Å². The van der Waals surface area contributed by atoms with E-state index in [1.165, 1.54) is 18.2 Å². The van der Waals surface area contributed by atoms with Crippen molar-refractivity contribution in [2.24, 2.45) is 0 Å². The molecule has 2 aromatic carbocycles. The van der Waals surface area contributed by atoms with E-state index in [1.807, 2.05) is 0 Å². The summed E-state index contributed by atoms with van der Waals surface area (Å²) in [4.78, 5) is 3.99. The second-order valence-corrected chi connectivity index (χ2v) is 5.23. The fourth-order valence-electron chi connectivity index (χ4n) is 2.78. The monoisotopic (exact) mass is 337 g/mol. The highest BCUT2D eigenvalue weighted by Crippen LogP contribution is 2.44. The van der Waals surface area contributed by atoms with Gasteiger partial charge in [-0.1, -0.05) is 12.1 Å². The molecule has 0 saturated carbocycles. The molecule has 24 heavy (non-hydrogen) atoms. The van der Waals surface area contributed by atoms with E-state index in [-0.39, 0.29) is 27.7 Å². The highest BCUT2D eigenvalue weighted by atomic mass is 19.2. The third kappa shape index (κ3) is 1.81. The van der Waals surface area contributed by atoms with Crippen LogP contribution in [0, 0.1) is 23.3 Å². The fraction of sp³-hybridized carbons (Fsp3) is 0. The predicted octanol–water partition coefficient (Wildman–Crippen LogP) is 5.54. The highest BCUT2D eigenvalue weighted by molar-refractivity contribution is 6.09. The maximum absolute atomic E-state index is 14.1. The van der Waals surface area contributed by atoms with Gasteiger partial charge < -0.3 is 0 Å². The Morgan fingerprint density at radius 3 is 2.12 bits per heavy atom. The first-order chi connectivity index (χ1) is 11.4. The van der Waals surface area contributed by atoms with Crippen LogP contribution >= 0.6 is 0 Å². The van der Waals surface area contributed by atoms with Gasteiger partial charge in [-0.05, 0) is 18.2 Å². The Kier molecular flexibility index (Phi) is 2.97. The van der Waals surface area contributed by atoms with Gasteiger partial charge in [-0.3, -0.25) is 0 Å². The number of aromatic nitrogens is 1. The molecule has 0 N–H and O–H groups in total. The molecule has 0 aliphatic heterocycles. The molecule has 0 unspecified atom stereocenters. The predicted molar refractivity (Wildman–Crippen MR) is 76.0 cm³/mol. The summed E-state index contributed by atoms with van der Waals surface area (Å²) in [5.41, 5.74) is -1.11. The summed E-state index contributed by atoms with van der Waals surface area (Å²) >= 11 is 0. The molecular formula is C17H5F6N. The number of halogens is 6. The molecule has 1 aromatic heterocycles. The Bertz CT molecular complexity index is 1070. The van der Waals surface area contributed by atoms with Gasteiger partial charge in [0.1, 0.15) is 0 Å². The summed E-state index contributed by atoms with van der Waals surface area (Å²) in [7, 11) is 0. The van der Waals surface area contributed by atoms with Gasteiger partial charge in [0.15, 0.2) is 34.9 Å². The molecule has 0 bridgehead atoms. The standard InChI is InChI=1S/C17H5F6N/c18-9-4-7(14(20)17(23)16(9)22)11-5-8-12-6(13(19)15(8)21)2-1-3-10(12)24-11/h1-5H. The molecule has 0 radical (unpaired) electrons. The lowest BCUT2D eigenvalue weighted by molar-refractivity contribution is 0.410. The molecule has 1 aliphatic rings. The average molecular weight is 337 g/mol. The van der Waals surface area contributed by atoms with Gasteiger partial charge in [-0.2, -0.15) is 0 Å². The van der Waals surface area contributed by atoms with Crippen LogP contribution < -0.4 is 0 Å². The smallest absolute Gasteiger partial charge is 0.198 e. The van der Waals surface area contributed by atoms with Crippen LogP contribution in [0.4, 0.5) is 26.3 Å². The van der Waals surface area contributed by atoms with Gasteiger partial charge in [-0.25, -0.2) is 31.3 Å². The summed E-state index contributed by atoms with van der Waals surface area (Å²) in [5.74, 6) is -9.50. The maximum atomic E-state index is 14.1.